The average Bonchev–Trinajstić information content (AvgIpc) is 2.69. The van der Waals surface area contributed by atoms with Crippen LogP contribution >= 0.6 is 0 Å². The van der Waals surface area contributed by atoms with Gasteiger partial charge in [0.1, 0.15) is 18.8 Å². The van der Waals surface area contributed by atoms with Gasteiger partial charge in [0.2, 0.25) is 5.88 Å². The number of aromatic nitrogens is 2. The number of rotatable bonds is 3. The first-order chi connectivity index (χ1) is 8.54. The monoisotopic (exact) mass is 251 g/mol. The van der Waals surface area contributed by atoms with Gasteiger partial charge in [0, 0.05) is 6.07 Å². The molecule has 0 atom stereocenters. The van der Waals surface area contributed by atoms with E-state index in [0.717, 1.165) is 0 Å². The molecule has 1 fully saturated rings. The molecular formula is C12H17N3O3. The summed E-state index contributed by atoms with van der Waals surface area (Å²) >= 11 is 0. The highest BCUT2D eigenvalue weighted by Gasteiger charge is 2.37. The zero-order valence-electron chi connectivity index (χ0n) is 10.8. The standard InChI is InChI=1S/C12H17N3O3/c1-4-18-10-5-9(13-7-14-10)11(16)15-8-17-6-12(15,2)3/h5,7H,4,6,8H2,1-3H3. The first-order valence-electron chi connectivity index (χ1n) is 5.89. The summed E-state index contributed by atoms with van der Waals surface area (Å²) in [4.78, 5) is 21.9. The number of nitrogens with zero attached hydrogens (tertiary/aromatic N) is 3. The molecular weight excluding hydrogens is 234 g/mol. The molecule has 0 radical (unpaired) electrons. The topological polar surface area (TPSA) is 64.5 Å². The third kappa shape index (κ3) is 2.43. The van der Waals surface area contributed by atoms with Gasteiger partial charge in [-0.1, -0.05) is 0 Å². The molecule has 1 aromatic rings. The molecule has 6 nitrogen and oxygen atoms in total. The smallest absolute Gasteiger partial charge is 0.275 e. The highest BCUT2D eigenvalue weighted by molar-refractivity contribution is 5.93. The summed E-state index contributed by atoms with van der Waals surface area (Å²) in [6, 6.07) is 1.56. The largest absolute Gasteiger partial charge is 0.478 e. The Kier molecular flexibility index (Phi) is 3.47. The Morgan fingerprint density at radius 1 is 1.56 bits per heavy atom. The van der Waals surface area contributed by atoms with Crippen molar-refractivity contribution in [3.05, 3.63) is 18.1 Å². The fraction of sp³-hybridized carbons (Fsp3) is 0.583. The molecule has 1 saturated heterocycles. The van der Waals surface area contributed by atoms with Crippen molar-refractivity contribution >= 4 is 5.91 Å². The van der Waals surface area contributed by atoms with E-state index in [9.17, 15) is 4.79 Å². The van der Waals surface area contributed by atoms with Crippen LogP contribution in [0.3, 0.4) is 0 Å². The molecule has 0 saturated carbocycles. The van der Waals surface area contributed by atoms with Crippen LogP contribution in [0, 0.1) is 0 Å². The Morgan fingerprint density at radius 2 is 2.33 bits per heavy atom. The second-order valence-electron chi connectivity index (χ2n) is 4.70. The van der Waals surface area contributed by atoms with E-state index >= 15 is 0 Å². The van der Waals surface area contributed by atoms with Crippen molar-refractivity contribution in [2.24, 2.45) is 0 Å². The summed E-state index contributed by atoms with van der Waals surface area (Å²) in [7, 11) is 0. The van der Waals surface area contributed by atoms with E-state index in [4.69, 9.17) is 9.47 Å². The number of carbonyl (C=O) groups excluding carboxylic acids is 1. The fourth-order valence-electron chi connectivity index (χ4n) is 1.79. The van der Waals surface area contributed by atoms with E-state index in [1.807, 2.05) is 20.8 Å². The van der Waals surface area contributed by atoms with Gasteiger partial charge < -0.3 is 14.4 Å². The van der Waals surface area contributed by atoms with Crippen LogP contribution in [0.1, 0.15) is 31.3 Å². The van der Waals surface area contributed by atoms with Crippen LogP contribution in [0.25, 0.3) is 0 Å². The van der Waals surface area contributed by atoms with Crippen LogP contribution in [0.4, 0.5) is 0 Å². The molecule has 0 aliphatic carbocycles. The maximum absolute atomic E-state index is 12.3. The molecule has 2 rings (SSSR count). The number of ether oxygens (including phenoxy) is 2. The van der Waals surface area contributed by atoms with Crippen LogP contribution < -0.4 is 4.74 Å². The van der Waals surface area contributed by atoms with Gasteiger partial charge in [0.25, 0.3) is 5.91 Å². The molecule has 1 aliphatic heterocycles. The Bertz CT molecular complexity index is 448. The zero-order chi connectivity index (χ0) is 13.2. The lowest BCUT2D eigenvalue weighted by Gasteiger charge is -2.28. The normalized spacial score (nSPS) is 17.8. The van der Waals surface area contributed by atoms with Crippen LogP contribution in [0.15, 0.2) is 12.4 Å². The fourth-order valence-corrected chi connectivity index (χ4v) is 1.79. The van der Waals surface area contributed by atoms with Gasteiger partial charge in [-0.2, -0.15) is 0 Å². The lowest BCUT2D eigenvalue weighted by atomic mass is 10.1. The molecule has 0 N–H and O–H groups in total. The molecule has 2 heterocycles. The number of hydrogen-bond acceptors (Lipinski definition) is 5. The van der Waals surface area contributed by atoms with Crippen molar-refractivity contribution in [1.82, 2.24) is 14.9 Å². The maximum Gasteiger partial charge on any atom is 0.275 e. The third-order valence-electron chi connectivity index (χ3n) is 2.80. The van der Waals surface area contributed by atoms with Crippen LogP contribution in [0.2, 0.25) is 0 Å². The molecule has 0 unspecified atom stereocenters. The summed E-state index contributed by atoms with van der Waals surface area (Å²) in [5.41, 5.74) is 0.0143. The minimum atomic E-state index is -0.312. The maximum atomic E-state index is 12.3. The Hall–Kier alpha value is -1.69. The SMILES string of the molecule is CCOc1cc(C(=O)N2COCC2(C)C)ncn1. The molecule has 18 heavy (non-hydrogen) atoms. The molecule has 0 bridgehead atoms. The molecule has 1 amide bonds. The number of amides is 1. The van der Waals surface area contributed by atoms with Crippen LogP contribution in [-0.4, -0.2) is 46.3 Å². The van der Waals surface area contributed by atoms with E-state index in [-0.39, 0.29) is 11.4 Å². The Balaban J connectivity index is 2.20. The molecule has 1 aliphatic rings. The lowest BCUT2D eigenvalue weighted by molar-refractivity contribution is 0.0598. The van der Waals surface area contributed by atoms with E-state index < -0.39 is 0 Å². The predicted octanol–water partition coefficient (Wildman–Crippen LogP) is 1.08. The first-order valence-corrected chi connectivity index (χ1v) is 5.89. The summed E-state index contributed by atoms with van der Waals surface area (Å²) < 4.78 is 10.6. The van der Waals surface area contributed by atoms with Gasteiger partial charge in [-0.05, 0) is 20.8 Å². The first kappa shape index (κ1) is 12.8. The summed E-state index contributed by atoms with van der Waals surface area (Å²) in [5.74, 6) is 0.245. The Labute approximate surface area is 106 Å². The minimum absolute atomic E-state index is 0.166. The lowest BCUT2D eigenvalue weighted by Crippen LogP contribution is -2.44. The molecule has 0 aromatic carbocycles. The van der Waals surface area contributed by atoms with E-state index in [2.05, 4.69) is 9.97 Å². The van der Waals surface area contributed by atoms with Crippen molar-refractivity contribution in [3.63, 3.8) is 0 Å². The van der Waals surface area contributed by atoms with Crippen LogP contribution in [0.5, 0.6) is 5.88 Å². The van der Waals surface area contributed by atoms with E-state index in [0.29, 0.717) is 31.5 Å². The minimum Gasteiger partial charge on any atom is -0.478 e. The quantitative estimate of drug-likeness (QED) is 0.804. The zero-order valence-corrected chi connectivity index (χ0v) is 10.8. The highest BCUT2D eigenvalue weighted by atomic mass is 16.5. The average molecular weight is 251 g/mol. The van der Waals surface area contributed by atoms with Gasteiger partial charge in [-0.15, -0.1) is 0 Å². The third-order valence-corrected chi connectivity index (χ3v) is 2.80. The van der Waals surface area contributed by atoms with E-state index in [1.165, 1.54) is 6.33 Å². The number of hydrogen-bond donors (Lipinski definition) is 0. The highest BCUT2D eigenvalue weighted by Crippen LogP contribution is 2.23. The second kappa shape index (κ2) is 4.89. The van der Waals surface area contributed by atoms with Gasteiger partial charge in [-0.3, -0.25) is 4.79 Å². The predicted molar refractivity (Wildman–Crippen MR) is 64.3 cm³/mol. The molecule has 1 aromatic heterocycles. The van der Waals surface area contributed by atoms with Gasteiger partial charge in [0.05, 0.1) is 18.8 Å². The van der Waals surface area contributed by atoms with Crippen LogP contribution in [-0.2, 0) is 4.74 Å². The van der Waals surface area contributed by atoms with E-state index in [1.54, 1.807) is 11.0 Å². The van der Waals surface area contributed by atoms with Crippen molar-refractivity contribution in [2.45, 2.75) is 26.3 Å². The Morgan fingerprint density at radius 3 is 2.94 bits per heavy atom. The molecule has 6 heteroatoms. The number of carbonyl (C=O) groups is 1. The van der Waals surface area contributed by atoms with Crippen molar-refractivity contribution in [2.75, 3.05) is 19.9 Å². The summed E-state index contributed by atoms with van der Waals surface area (Å²) in [6.45, 7) is 7.11. The summed E-state index contributed by atoms with van der Waals surface area (Å²) in [6.07, 6.45) is 1.34. The molecule has 0 spiro atoms. The van der Waals surface area contributed by atoms with Gasteiger partial charge in [0.15, 0.2) is 0 Å². The summed E-state index contributed by atoms with van der Waals surface area (Å²) in [5, 5.41) is 0. The van der Waals surface area contributed by atoms with Crippen molar-refractivity contribution < 1.29 is 14.3 Å². The van der Waals surface area contributed by atoms with Gasteiger partial charge >= 0.3 is 0 Å². The second-order valence-corrected chi connectivity index (χ2v) is 4.70. The van der Waals surface area contributed by atoms with Crippen molar-refractivity contribution in [1.29, 1.82) is 0 Å². The van der Waals surface area contributed by atoms with Gasteiger partial charge in [-0.25, -0.2) is 9.97 Å². The van der Waals surface area contributed by atoms with Crippen molar-refractivity contribution in [3.8, 4) is 5.88 Å². The molecule has 98 valence electrons.